The molecule has 27 heavy (non-hydrogen) atoms. The van der Waals surface area contributed by atoms with Gasteiger partial charge < -0.3 is 10.6 Å². The molecule has 0 bridgehead atoms. The summed E-state index contributed by atoms with van der Waals surface area (Å²) in [6, 6.07) is -1.05. The van der Waals surface area contributed by atoms with Crippen molar-refractivity contribution >= 4 is 58.7 Å². The molecule has 0 spiro atoms. The van der Waals surface area contributed by atoms with Gasteiger partial charge in [-0.3, -0.25) is 20.2 Å². The maximum Gasteiger partial charge on any atom is 0.321 e. The second-order valence-corrected chi connectivity index (χ2v) is 8.44. The summed E-state index contributed by atoms with van der Waals surface area (Å²) in [7, 11) is 0. The van der Waals surface area contributed by atoms with E-state index in [-0.39, 0.29) is 11.5 Å². The van der Waals surface area contributed by atoms with E-state index in [2.05, 4.69) is 31.5 Å². The van der Waals surface area contributed by atoms with Gasteiger partial charge in [0.1, 0.15) is 0 Å². The molecule has 150 valence electrons. The normalized spacial score (nSPS) is 10.1. The van der Waals surface area contributed by atoms with Crippen molar-refractivity contribution in [3.05, 3.63) is 0 Å². The van der Waals surface area contributed by atoms with E-state index in [1.807, 2.05) is 13.8 Å². The summed E-state index contributed by atoms with van der Waals surface area (Å²) in [5.41, 5.74) is 0. The van der Waals surface area contributed by atoms with Crippen LogP contribution in [0.15, 0.2) is 8.68 Å². The predicted molar refractivity (Wildman–Crippen MR) is 105 cm³/mol. The topological polar surface area (TPSA) is 142 Å². The number of carbonyl (C=O) groups is 4. The Morgan fingerprint density at radius 3 is 1.59 bits per heavy atom. The Labute approximate surface area is 169 Å². The molecule has 0 fully saturated rings. The SMILES string of the molecule is CCCNC(=O)NC(=O)CSc1nnc(SCC(=O)NC(=O)NCCC)s1. The van der Waals surface area contributed by atoms with Crippen LogP contribution in [0.1, 0.15) is 26.7 Å². The third-order valence-electron chi connectivity index (χ3n) is 2.62. The Morgan fingerprint density at radius 2 is 1.22 bits per heavy atom. The minimum atomic E-state index is -0.523. The summed E-state index contributed by atoms with van der Waals surface area (Å²) in [6.45, 7) is 4.82. The molecule has 1 aromatic rings. The zero-order valence-corrected chi connectivity index (χ0v) is 17.4. The van der Waals surface area contributed by atoms with Crippen molar-refractivity contribution in [2.45, 2.75) is 35.4 Å². The molecule has 10 nitrogen and oxygen atoms in total. The van der Waals surface area contributed by atoms with Crippen LogP contribution in [0.4, 0.5) is 9.59 Å². The molecule has 1 heterocycles. The molecule has 0 saturated heterocycles. The van der Waals surface area contributed by atoms with Crippen molar-refractivity contribution in [3.8, 4) is 0 Å². The average molecular weight is 435 g/mol. The summed E-state index contributed by atoms with van der Waals surface area (Å²) >= 11 is 3.51. The van der Waals surface area contributed by atoms with Gasteiger partial charge in [0.25, 0.3) is 0 Å². The number of carbonyl (C=O) groups excluding carboxylic acids is 4. The van der Waals surface area contributed by atoms with E-state index in [1.54, 1.807) is 0 Å². The number of rotatable bonds is 10. The Bertz CT molecular complexity index is 602. The number of amides is 6. The minimum Gasteiger partial charge on any atom is -0.338 e. The van der Waals surface area contributed by atoms with Crippen LogP contribution in [0.5, 0.6) is 0 Å². The van der Waals surface area contributed by atoms with Crippen LogP contribution in [0, 0.1) is 0 Å². The lowest BCUT2D eigenvalue weighted by atomic mass is 10.5. The van der Waals surface area contributed by atoms with Crippen molar-refractivity contribution in [3.63, 3.8) is 0 Å². The van der Waals surface area contributed by atoms with Crippen LogP contribution < -0.4 is 21.3 Å². The van der Waals surface area contributed by atoms with E-state index in [4.69, 9.17) is 0 Å². The summed E-state index contributed by atoms with van der Waals surface area (Å²) < 4.78 is 1.09. The zero-order valence-electron chi connectivity index (χ0n) is 15.0. The highest BCUT2D eigenvalue weighted by Crippen LogP contribution is 2.28. The number of nitrogens with zero attached hydrogens (tertiary/aromatic N) is 2. The third kappa shape index (κ3) is 10.8. The molecular formula is C14H22N6O4S3. The lowest BCUT2D eigenvalue weighted by Gasteiger charge is -2.04. The van der Waals surface area contributed by atoms with E-state index in [0.29, 0.717) is 21.8 Å². The van der Waals surface area contributed by atoms with E-state index >= 15 is 0 Å². The second-order valence-electron chi connectivity index (χ2n) is 5.02. The highest BCUT2D eigenvalue weighted by Gasteiger charge is 2.13. The zero-order chi connectivity index (χ0) is 20.1. The highest BCUT2D eigenvalue weighted by molar-refractivity contribution is 8.03. The number of thioether (sulfide) groups is 2. The molecule has 4 N–H and O–H groups in total. The monoisotopic (exact) mass is 434 g/mol. The number of hydrogen-bond donors (Lipinski definition) is 4. The Kier molecular flexibility index (Phi) is 11.4. The summed E-state index contributed by atoms with van der Waals surface area (Å²) in [6.07, 6.45) is 1.56. The fourth-order valence-corrected chi connectivity index (χ4v) is 4.08. The summed E-state index contributed by atoms with van der Waals surface area (Å²) in [5, 5.41) is 17.3. The number of hydrogen-bond acceptors (Lipinski definition) is 9. The van der Waals surface area contributed by atoms with Crippen molar-refractivity contribution in [2.75, 3.05) is 24.6 Å². The van der Waals surface area contributed by atoms with E-state index in [1.165, 1.54) is 11.3 Å². The minimum absolute atomic E-state index is 0.0247. The van der Waals surface area contributed by atoms with Crippen molar-refractivity contribution in [1.82, 2.24) is 31.5 Å². The number of nitrogens with one attached hydrogen (secondary N) is 4. The first-order valence-electron chi connectivity index (χ1n) is 8.19. The quantitative estimate of drug-likeness (QED) is 0.402. The third-order valence-corrected chi connectivity index (χ3v) is 5.81. The molecule has 0 aliphatic rings. The van der Waals surface area contributed by atoms with Crippen LogP contribution >= 0.6 is 34.9 Å². The molecule has 1 aromatic heterocycles. The van der Waals surface area contributed by atoms with Gasteiger partial charge in [0.15, 0.2) is 8.68 Å². The molecular weight excluding hydrogens is 412 g/mol. The molecule has 0 aromatic carbocycles. The molecule has 0 radical (unpaired) electrons. The first-order chi connectivity index (χ1) is 12.9. The van der Waals surface area contributed by atoms with Crippen LogP contribution in [0.25, 0.3) is 0 Å². The molecule has 0 aliphatic heterocycles. The second kappa shape index (κ2) is 13.3. The lowest BCUT2D eigenvalue weighted by molar-refractivity contribution is -0.118. The number of aromatic nitrogens is 2. The molecule has 1 rings (SSSR count). The van der Waals surface area contributed by atoms with Gasteiger partial charge in [-0.2, -0.15) is 0 Å². The van der Waals surface area contributed by atoms with Crippen molar-refractivity contribution in [1.29, 1.82) is 0 Å². The van der Waals surface area contributed by atoms with Gasteiger partial charge in [0.05, 0.1) is 11.5 Å². The Hall–Kier alpha value is -1.86. The van der Waals surface area contributed by atoms with Gasteiger partial charge in [-0.25, -0.2) is 9.59 Å². The summed E-state index contributed by atoms with van der Waals surface area (Å²) in [5.74, 6) is -0.820. The van der Waals surface area contributed by atoms with Gasteiger partial charge in [0, 0.05) is 13.1 Å². The number of urea groups is 2. The first-order valence-corrected chi connectivity index (χ1v) is 11.0. The molecule has 0 unspecified atom stereocenters. The average Bonchev–Trinajstić information content (AvgIpc) is 3.09. The van der Waals surface area contributed by atoms with Crippen LogP contribution in [0.2, 0.25) is 0 Å². The lowest BCUT2D eigenvalue weighted by Crippen LogP contribution is -2.40. The maximum atomic E-state index is 11.7. The molecule has 0 atom stereocenters. The van der Waals surface area contributed by atoms with E-state index in [0.717, 1.165) is 36.4 Å². The standard InChI is InChI=1S/C14H22N6O4S3/c1-3-5-15-11(23)17-9(21)7-25-13-19-20-14(27-13)26-8-10(22)18-12(24)16-6-4-2/h3-8H2,1-2H3,(H2,15,17,21,23)(H2,16,18,22,24). The largest absolute Gasteiger partial charge is 0.338 e. The van der Waals surface area contributed by atoms with Crippen LogP contribution in [-0.4, -0.2) is 58.7 Å². The van der Waals surface area contributed by atoms with Gasteiger partial charge in [-0.1, -0.05) is 48.7 Å². The highest BCUT2D eigenvalue weighted by atomic mass is 32.2. The molecule has 0 aliphatic carbocycles. The fourth-order valence-electron chi connectivity index (χ4n) is 1.46. The first kappa shape index (κ1) is 23.2. The summed E-state index contributed by atoms with van der Waals surface area (Å²) in [4.78, 5) is 46.0. The fraction of sp³-hybridized carbons (Fsp3) is 0.571. The van der Waals surface area contributed by atoms with Crippen LogP contribution in [0.3, 0.4) is 0 Å². The Balaban J connectivity index is 2.28. The number of imide groups is 2. The molecule has 6 amide bonds. The van der Waals surface area contributed by atoms with E-state index in [9.17, 15) is 19.2 Å². The molecule has 13 heteroatoms. The molecule has 0 saturated carbocycles. The smallest absolute Gasteiger partial charge is 0.321 e. The van der Waals surface area contributed by atoms with Crippen molar-refractivity contribution < 1.29 is 19.2 Å². The van der Waals surface area contributed by atoms with Crippen molar-refractivity contribution in [2.24, 2.45) is 0 Å². The van der Waals surface area contributed by atoms with Gasteiger partial charge in [-0.15, -0.1) is 10.2 Å². The van der Waals surface area contributed by atoms with E-state index < -0.39 is 23.9 Å². The van der Waals surface area contributed by atoms with Gasteiger partial charge >= 0.3 is 12.1 Å². The van der Waals surface area contributed by atoms with Gasteiger partial charge in [0.2, 0.25) is 11.8 Å². The predicted octanol–water partition coefficient (Wildman–Crippen LogP) is 1.19. The van der Waals surface area contributed by atoms with Gasteiger partial charge in [-0.05, 0) is 12.8 Å². The Morgan fingerprint density at radius 1 is 0.815 bits per heavy atom. The maximum absolute atomic E-state index is 11.7. The van der Waals surface area contributed by atoms with Crippen LogP contribution in [-0.2, 0) is 9.59 Å².